The van der Waals surface area contributed by atoms with Gasteiger partial charge in [-0.05, 0) is 38.8 Å². The number of aromatic nitrogens is 4. The summed E-state index contributed by atoms with van der Waals surface area (Å²) in [7, 11) is 0. The van der Waals surface area contributed by atoms with Crippen LogP contribution in [-0.4, -0.2) is 74.2 Å². The number of hydrogen-bond acceptors (Lipinski definition) is 9. The fraction of sp³-hybridized carbons (Fsp3) is 0.520. The molecule has 5 rings (SSSR count). The fourth-order valence-corrected chi connectivity index (χ4v) is 4.80. The van der Waals surface area contributed by atoms with Crippen LogP contribution in [-0.2, 0) is 0 Å². The van der Waals surface area contributed by atoms with Gasteiger partial charge in [0.05, 0.1) is 36.8 Å². The van der Waals surface area contributed by atoms with Crippen LogP contribution in [0.4, 0.5) is 27.7 Å². The zero-order chi connectivity index (χ0) is 24.7. The highest BCUT2D eigenvalue weighted by Crippen LogP contribution is 2.36. The van der Waals surface area contributed by atoms with Crippen molar-refractivity contribution in [3.63, 3.8) is 0 Å². The van der Waals surface area contributed by atoms with Gasteiger partial charge in [0.1, 0.15) is 11.6 Å². The standard InChI is InChI=1S/C25H32FN7O2/c1-15(13-34)23-17-10-22(28-11-18(17)19(12-29-23)33-9-5-16(33)2)30-21-4-7-27-24(31-21)32-8-6-20(35)25(3,26)14-32/h4,7,10-12,15-16,20,34-35H,5-6,8-9,13-14H2,1-3H3,(H,27,28,30,31)/t15-,16-,20-,25+/m1/s1. The summed E-state index contributed by atoms with van der Waals surface area (Å²) in [6.45, 7) is 7.04. The predicted molar refractivity (Wildman–Crippen MR) is 134 cm³/mol. The summed E-state index contributed by atoms with van der Waals surface area (Å²) in [5, 5.41) is 24.9. The molecule has 3 aromatic rings. The van der Waals surface area contributed by atoms with E-state index in [-0.39, 0.29) is 19.1 Å². The summed E-state index contributed by atoms with van der Waals surface area (Å²) in [4.78, 5) is 22.3. The number of fused-ring (bicyclic) bond motifs is 1. The maximum Gasteiger partial charge on any atom is 0.227 e. The molecule has 0 aliphatic carbocycles. The van der Waals surface area contributed by atoms with Crippen LogP contribution in [0.1, 0.15) is 45.2 Å². The van der Waals surface area contributed by atoms with Crippen molar-refractivity contribution in [2.45, 2.75) is 57.3 Å². The fourth-order valence-electron chi connectivity index (χ4n) is 4.80. The third-order valence-corrected chi connectivity index (χ3v) is 7.20. The van der Waals surface area contributed by atoms with E-state index in [0.29, 0.717) is 36.6 Å². The number of piperidine rings is 1. The van der Waals surface area contributed by atoms with Crippen molar-refractivity contribution in [1.29, 1.82) is 0 Å². The molecule has 2 aliphatic rings. The molecule has 0 saturated carbocycles. The first-order valence-corrected chi connectivity index (χ1v) is 12.1. The Balaban J connectivity index is 1.45. The average Bonchev–Trinajstić information content (AvgIpc) is 2.84. The van der Waals surface area contributed by atoms with Gasteiger partial charge in [-0.25, -0.2) is 14.4 Å². The third-order valence-electron chi connectivity index (χ3n) is 7.20. The van der Waals surface area contributed by atoms with Crippen molar-refractivity contribution in [2.75, 3.05) is 41.4 Å². The van der Waals surface area contributed by atoms with Crippen LogP contribution < -0.4 is 15.1 Å². The lowest BCUT2D eigenvalue weighted by Crippen LogP contribution is -2.52. The van der Waals surface area contributed by atoms with E-state index in [1.54, 1.807) is 17.2 Å². The first kappa shape index (κ1) is 23.6. The van der Waals surface area contributed by atoms with Crippen LogP contribution in [0.3, 0.4) is 0 Å². The summed E-state index contributed by atoms with van der Waals surface area (Å²) in [6, 6.07) is 4.13. The van der Waals surface area contributed by atoms with Gasteiger partial charge in [-0.3, -0.25) is 4.98 Å². The summed E-state index contributed by atoms with van der Waals surface area (Å²) < 4.78 is 14.7. The van der Waals surface area contributed by atoms with Gasteiger partial charge in [0.25, 0.3) is 0 Å². The molecule has 5 heterocycles. The van der Waals surface area contributed by atoms with Gasteiger partial charge in [0.15, 0.2) is 5.67 Å². The lowest BCUT2D eigenvalue weighted by atomic mass is 9.94. The molecule has 0 unspecified atom stereocenters. The minimum absolute atomic E-state index is 0.0000578. The van der Waals surface area contributed by atoms with Gasteiger partial charge in [-0.1, -0.05) is 6.92 Å². The lowest BCUT2D eigenvalue weighted by molar-refractivity contribution is -0.00860. The second kappa shape index (κ2) is 9.16. The predicted octanol–water partition coefficient (Wildman–Crippen LogP) is 3.16. The molecule has 35 heavy (non-hydrogen) atoms. The Morgan fingerprint density at radius 1 is 1.17 bits per heavy atom. The normalized spacial score (nSPS) is 25.4. The number of nitrogens with zero attached hydrogens (tertiary/aromatic N) is 6. The Kier molecular flexibility index (Phi) is 6.18. The second-order valence-electron chi connectivity index (χ2n) is 9.93. The Morgan fingerprint density at radius 2 is 2.00 bits per heavy atom. The van der Waals surface area contributed by atoms with Crippen molar-refractivity contribution in [1.82, 2.24) is 19.9 Å². The van der Waals surface area contributed by atoms with Crippen LogP contribution in [0, 0.1) is 0 Å². The van der Waals surface area contributed by atoms with Crippen LogP contribution in [0.25, 0.3) is 10.8 Å². The second-order valence-corrected chi connectivity index (χ2v) is 9.93. The summed E-state index contributed by atoms with van der Waals surface area (Å²) in [5.74, 6) is 1.40. The van der Waals surface area contributed by atoms with E-state index in [9.17, 15) is 14.6 Å². The van der Waals surface area contributed by atoms with Crippen LogP contribution in [0.2, 0.25) is 0 Å². The molecular formula is C25H32FN7O2. The molecule has 0 bridgehead atoms. The maximum atomic E-state index is 14.7. The van der Waals surface area contributed by atoms with E-state index in [4.69, 9.17) is 4.98 Å². The first-order chi connectivity index (χ1) is 16.8. The average molecular weight is 482 g/mol. The van der Waals surface area contributed by atoms with Gasteiger partial charge in [-0.2, -0.15) is 4.98 Å². The molecule has 2 aliphatic heterocycles. The molecule has 10 heteroatoms. The van der Waals surface area contributed by atoms with Crippen LogP contribution in [0.15, 0.2) is 30.7 Å². The molecule has 2 saturated heterocycles. The molecule has 3 N–H and O–H groups in total. The summed E-state index contributed by atoms with van der Waals surface area (Å²) >= 11 is 0. The van der Waals surface area contributed by atoms with E-state index in [1.165, 1.54) is 6.92 Å². The topological polar surface area (TPSA) is 111 Å². The number of nitrogens with one attached hydrogen (secondary N) is 1. The maximum absolute atomic E-state index is 14.7. The van der Waals surface area contributed by atoms with E-state index in [0.717, 1.165) is 35.1 Å². The van der Waals surface area contributed by atoms with Crippen molar-refractivity contribution in [2.24, 2.45) is 0 Å². The summed E-state index contributed by atoms with van der Waals surface area (Å²) in [5.41, 5.74) is 0.156. The van der Waals surface area contributed by atoms with E-state index in [1.807, 2.05) is 25.4 Å². The minimum Gasteiger partial charge on any atom is -0.396 e. The smallest absolute Gasteiger partial charge is 0.227 e. The summed E-state index contributed by atoms with van der Waals surface area (Å²) in [6.07, 6.45) is 5.83. The van der Waals surface area contributed by atoms with Crippen LogP contribution in [0.5, 0.6) is 0 Å². The van der Waals surface area contributed by atoms with E-state index in [2.05, 4.69) is 32.1 Å². The van der Waals surface area contributed by atoms with Gasteiger partial charge in [0.2, 0.25) is 5.95 Å². The molecule has 0 spiro atoms. The Hall–Kier alpha value is -3.11. The quantitative estimate of drug-likeness (QED) is 0.489. The highest BCUT2D eigenvalue weighted by molar-refractivity contribution is 5.96. The zero-order valence-corrected chi connectivity index (χ0v) is 20.3. The number of pyridine rings is 2. The molecule has 2 fully saturated rings. The highest BCUT2D eigenvalue weighted by Gasteiger charge is 2.39. The largest absolute Gasteiger partial charge is 0.396 e. The Bertz CT molecular complexity index is 1220. The van der Waals surface area contributed by atoms with E-state index >= 15 is 0 Å². The first-order valence-electron chi connectivity index (χ1n) is 12.1. The van der Waals surface area contributed by atoms with Gasteiger partial charge < -0.3 is 25.3 Å². The third kappa shape index (κ3) is 4.48. The molecule has 0 aromatic carbocycles. The lowest BCUT2D eigenvalue weighted by Gasteiger charge is -2.41. The monoisotopic (exact) mass is 481 g/mol. The van der Waals surface area contributed by atoms with Crippen molar-refractivity contribution in [3.8, 4) is 0 Å². The number of hydrogen-bond donors (Lipinski definition) is 3. The van der Waals surface area contributed by atoms with Gasteiger partial charge in [0, 0.05) is 48.2 Å². The van der Waals surface area contributed by atoms with E-state index < -0.39 is 11.8 Å². The number of aliphatic hydroxyl groups is 2. The number of alkyl halides is 1. The molecule has 9 nitrogen and oxygen atoms in total. The molecule has 3 aromatic heterocycles. The number of aliphatic hydroxyl groups excluding tert-OH is 2. The minimum atomic E-state index is -1.72. The van der Waals surface area contributed by atoms with Crippen molar-refractivity contribution < 1.29 is 14.6 Å². The van der Waals surface area contributed by atoms with Crippen molar-refractivity contribution in [3.05, 3.63) is 36.4 Å². The molecule has 0 amide bonds. The molecule has 4 atom stereocenters. The highest BCUT2D eigenvalue weighted by atomic mass is 19.1. The Labute approximate surface area is 204 Å². The van der Waals surface area contributed by atoms with Gasteiger partial charge >= 0.3 is 0 Å². The number of halogens is 1. The van der Waals surface area contributed by atoms with Gasteiger partial charge in [-0.15, -0.1) is 0 Å². The molecule has 0 radical (unpaired) electrons. The molecule has 186 valence electrons. The van der Waals surface area contributed by atoms with Crippen LogP contribution >= 0.6 is 0 Å². The number of anilines is 4. The Morgan fingerprint density at radius 3 is 2.69 bits per heavy atom. The van der Waals surface area contributed by atoms with Crippen molar-refractivity contribution >= 4 is 34.0 Å². The SMILES string of the molecule is C[C@H](CO)c1ncc(N2CC[C@H]2C)c2cnc(Nc3ccnc(N4CC[C@@H](O)[C@@](C)(F)C4)n3)cc12. The molecular weight excluding hydrogens is 449 g/mol. The zero-order valence-electron chi connectivity index (χ0n) is 20.3. The number of rotatable bonds is 6.